The van der Waals surface area contributed by atoms with Gasteiger partial charge in [-0.05, 0) is 43.0 Å². The van der Waals surface area contributed by atoms with Crippen molar-refractivity contribution in [3.63, 3.8) is 0 Å². The number of carbonyl (C=O) groups is 1. The molecule has 154 valence electrons. The van der Waals surface area contributed by atoms with Crippen molar-refractivity contribution in [2.45, 2.75) is 30.6 Å². The minimum absolute atomic E-state index is 0. The molecular formula is C19H27ClN4O3S. The SMILES string of the molecule is Cl.Cn1cc(S(=O)(=O)N2CCCCC2)cc1C(=O)NCCc1ccc(N)cc1. The van der Waals surface area contributed by atoms with Gasteiger partial charge in [0.1, 0.15) is 10.6 Å². The summed E-state index contributed by atoms with van der Waals surface area (Å²) in [6.45, 7) is 1.54. The number of carbonyl (C=O) groups excluding carboxylic acids is 1. The smallest absolute Gasteiger partial charge is 0.267 e. The summed E-state index contributed by atoms with van der Waals surface area (Å²) < 4.78 is 28.6. The van der Waals surface area contributed by atoms with Crippen molar-refractivity contribution in [1.82, 2.24) is 14.2 Å². The molecule has 3 N–H and O–H groups in total. The van der Waals surface area contributed by atoms with Crippen molar-refractivity contribution in [2.24, 2.45) is 7.05 Å². The Kier molecular flexibility index (Phi) is 7.51. The molecule has 1 aliphatic rings. The highest BCUT2D eigenvalue weighted by Gasteiger charge is 2.28. The van der Waals surface area contributed by atoms with E-state index >= 15 is 0 Å². The van der Waals surface area contributed by atoms with Gasteiger partial charge in [-0.3, -0.25) is 4.79 Å². The van der Waals surface area contributed by atoms with E-state index < -0.39 is 10.0 Å². The zero-order chi connectivity index (χ0) is 19.4. The molecule has 9 heteroatoms. The molecule has 1 saturated heterocycles. The van der Waals surface area contributed by atoms with Gasteiger partial charge in [0.25, 0.3) is 5.91 Å². The first-order chi connectivity index (χ1) is 12.9. The van der Waals surface area contributed by atoms with Gasteiger partial charge < -0.3 is 15.6 Å². The van der Waals surface area contributed by atoms with Crippen LogP contribution in [0.15, 0.2) is 41.4 Å². The Morgan fingerprint density at radius 1 is 1.14 bits per heavy atom. The number of hydrogen-bond donors (Lipinski definition) is 2. The fourth-order valence-corrected chi connectivity index (χ4v) is 4.84. The van der Waals surface area contributed by atoms with Crippen LogP contribution in [-0.2, 0) is 23.5 Å². The van der Waals surface area contributed by atoms with Crippen molar-refractivity contribution in [1.29, 1.82) is 0 Å². The number of halogens is 1. The van der Waals surface area contributed by atoms with Gasteiger partial charge in [-0.25, -0.2) is 8.42 Å². The molecule has 1 fully saturated rings. The molecule has 7 nitrogen and oxygen atoms in total. The van der Waals surface area contributed by atoms with Crippen LogP contribution in [0.4, 0.5) is 5.69 Å². The molecule has 0 radical (unpaired) electrons. The number of benzene rings is 1. The quantitative estimate of drug-likeness (QED) is 0.691. The monoisotopic (exact) mass is 426 g/mol. The predicted octanol–water partition coefficient (Wildman–Crippen LogP) is 2.18. The van der Waals surface area contributed by atoms with Crippen molar-refractivity contribution in [3.8, 4) is 0 Å². The molecule has 0 saturated carbocycles. The van der Waals surface area contributed by atoms with Crippen LogP contribution in [-0.4, -0.2) is 42.8 Å². The molecule has 1 amide bonds. The van der Waals surface area contributed by atoms with E-state index in [1.807, 2.05) is 24.3 Å². The Balaban J connectivity index is 0.00000280. The van der Waals surface area contributed by atoms with Crippen LogP contribution in [0.1, 0.15) is 35.3 Å². The minimum atomic E-state index is -3.54. The first kappa shape index (κ1) is 22.3. The Hall–Kier alpha value is -2.03. The average molecular weight is 427 g/mol. The summed E-state index contributed by atoms with van der Waals surface area (Å²) in [4.78, 5) is 12.6. The zero-order valence-electron chi connectivity index (χ0n) is 15.9. The van der Waals surface area contributed by atoms with Crippen LogP contribution in [0.2, 0.25) is 0 Å². The Bertz CT molecular complexity index is 904. The van der Waals surface area contributed by atoms with E-state index in [-0.39, 0.29) is 23.2 Å². The maximum Gasteiger partial charge on any atom is 0.267 e. The van der Waals surface area contributed by atoms with E-state index in [1.165, 1.54) is 16.6 Å². The molecule has 2 aromatic rings. The number of nitrogens with two attached hydrogens (primary N) is 1. The van der Waals surface area contributed by atoms with Gasteiger partial charge in [-0.1, -0.05) is 18.6 Å². The molecule has 3 rings (SSSR count). The Labute approximate surface area is 172 Å². The maximum absolute atomic E-state index is 12.8. The van der Waals surface area contributed by atoms with E-state index in [0.29, 0.717) is 37.4 Å². The zero-order valence-corrected chi connectivity index (χ0v) is 17.6. The first-order valence-corrected chi connectivity index (χ1v) is 10.6. The summed E-state index contributed by atoms with van der Waals surface area (Å²) in [5, 5.41) is 2.85. The summed E-state index contributed by atoms with van der Waals surface area (Å²) >= 11 is 0. The number of aromatic nitrogens is 1. The van der Waals surface area contributed by atoms with Crippen LogP contribution < -0.4 is 11.1 Å². The van der Waals surface area contributed by atoms with Crippen molar-refractivity contribution < 1.29 is 13.2 Å². The lowest BCUT2D eigenvalue weighted by Gasteiger charge is -2.25. The Morgan fingerprint density at radius 2 is 1.79 bits per heavy atom. The summed E-state index contributed by atoms with van der Waals surface area (Å²) in [7, 11) is -1.86. The van der Waals surface area contributed by atoms with Crippen LogP contribution in [0.3, 0.4) is 0 Å². The molecule has 0 atom stereocenters. The third-order valence-corrected chi connectivity index (χ3v) is 6.71. The van der Waals surface area contributed by atoms with Crippen LogP contribution >= 0.6 is 12.4 Å². The molecule has 0 unspecified atom stereocenters. The topological polar surface area (TPSA) is 97.4 Å². The first-order valence-electron chi connectivity index (χ1n) is 9.17. The molecule has 0 spiro atoms. The number of amides is 1. The minimum Gasteiger partial charge on any atom is -0.399 e. The standard InChI is InChI=1S/C19H26N4O3S.ClH/c1-22-14-17(27(25,26)23-11-3-2-4-12-23)13-18(22)19(24)21-10-9-15-5-7-16(20)8-6-15;/h5-8,13-14H,2-4,9-12,20H2,1H3,(H,21,24);1H. The fourth-order valence-electron chi connectivity index (χ4n) is 3.25. The fraction of sp³-hybridized carbons (Fsp3) is 0.421. The third kappa shape index (κ3) is 5.06. The predicted molar refractivity (Wildman–Crippen MR) is 112 cm³/mol. The molecule has 2 heterocycles. The molecule has 28 heavy (non-hydrogen) atoms. The highest BCUT2D eigenvalue weighted by atomic mass is 35.5. The largest absolute Gasteiger partial charge is 0.399 e. The number of nitrogen functional groups attached to an aromatic ring is 1. The summed E-state index contributed by atoms with van der Waals surface area (Å²) in [5.41, 5.74) is 7.78. The highest BCUT2D eigenvalue weighted by Crippen LogP contribution is 2.22. The number of hydrogen-bond acceptors (Lipinski definition) is 4. The number of sulfonamides is 1. The molecule has 1 aromatic heterocycles. The third-order valence-electron chi connectivity index (χ3n) is 4.84. The summed E-state index contributed by atoms with van der Waals surface area (Å²) in [5.74, 6) is -0.284. The molecule has 0 aliphatic carbocycles. The van der Waals surface area contributed by atoms with Crippen molar-refractivity contribution in [2.75, 3.05) is 25.4 Å². The molecule has 1 aromatic carbocycles. The van der Waals surface area contributed by atoms with Crippen LogP contribution in [0, 0.1) is 0 Å². The lowest BCUT2D eigenvalue weighted by atomic mass is 10.1. The Morgan fingerprint density at radius 3 is 2.43 bits per heavy atom. The van der Waals surface area contributed by atoms with Gasteiger partial charge in [0.2, 0.25) is 10.0 Å². The summed E-state index contributed by atoms with van der Waals surface area (Å²) in [6.07, 6.45) is 5.01. The highest BCUT2D eigenvalue weighted by molar-refractivity contribution is 7.89. The second kappa shape index (κ2) is 9.45. The van der Waals surface area contributed by atoms with Gasteiger partial charge in [0.15, 0.2) is 0 Å². The second-order valence-electron chi connectivity index (χ2n) is 6.88. The van der Waals surface area contributed by atoms with Gasteiger partial charge in [-0.2, -0.15) is 4.31 Å². The van der Waals surface area contributed by atoms with Gasteiger partial charge >= 0.3 is 0 Å². The number of nitrogens with one attached hydrogen (secondary N) is 1. The van der Waals surface area contributed by atoms with Crippen molar-refractivity contribution in [3.05, 3.63) is 47.8 Å². The average Bonchev–Trinajstić information content (AvgIpc) is 3.07. The maximum atomic E-state index is 12.8. The second-order valence-corrected chi connectivity index (χ2v) is 8.82. The van der Waals surface area contributed by atoms with Gasteiger partial charge in [0, 0.05) is 38.6 Å². The van der Waals surface area contributed by atoms with Gasteiger partial charge in [-0.15, -0.1) is 12.4 Å². The lowest BCUT2D eigenvalue weighted by molar-refractivity contribution is 0.0946. The van der Waals surface area contributed by atoms with E-state index in [4.69, 9.17) is 5.73 Å². The normalized spacial score (nSPS) is 15.0. The lowest BCUT2D eigenvalue weighted by Crippen LogP contribution is -2.35. The van der Waals surface area contributed by atoms with E-state index in [9.17, 15) is 13.2 Å². The van der Waals surface area contributed by atoms with Crippen LogP contribution in [0.5, 0.6) is 0 Å². The van der Waals surface area contributed by atoms with E-state index in [2.05, 4.69) is 5.32 Å². The molecule has 0 bridgehead atoms. The van der Waals surface area contributed by atoms with Crippen molar-refractivity contribution >= 4 is 34.0 Å². The van der Waals surface area contributed by atoms with E-state index in [0.717, 1.165) is 24.8 Å². The molecular weight excluding hydrogens is 400 g/mol. The van der Waals surface area contributed by atoms with E-state index in [1.54, 1.807) is 11.6 Å². The van der Waals surface area contributed by atoms with Gasteiger partial charge in [0.05, 0.1) is 0 Å². The number of nitrogens with zero attached hydrogens (tertiary/aromatic N) is 2. The molecule has 1 aliphatic heterocycles. The van der Waals surface area contributed by atoms with Crippen LogP contribution in [0.25, 0.3) is 0 Å². The summed E-state index contributed by atoms with van der Waals surface area (Å²) in [6, 6.07) is 8.96. The number of anilines is 1. The number of aryl methyl sites for hydroxylation is 1. The number of rotatable bonds is 6. The number of piperidine rings is 1.